The number of halogens is 1. The summed E-state index contributed by atoms with van der Waals surface area (Å²) in [5.74, 6) is 0. The van der Waals surface area contributed by atoms with Crippen molar-refractivity contribution in [1.82, 2.24) is 19.6 Å². The Balaban J connectivity index is 0.00000256. The van der Waals surface area contributed by atoms with Gasteiger partial charge in [-0.3, -0.25) is 24.7 Å². The first-order valence-electron chi connectivity index (χ1n) is 8.75. The average Bonchev–Trinajstić information content (AvgIpc) is 3.24. The van der Waals surface area contributed by atoms with Crippen LogP contribution >= 0.6 is 0 Å². The van der Waals surface area contributed by atoms with Crippen LogP contribution in [0.25, 0.3) is 21.8 Å². The molecule has 12 heteroatoms. The molecule has 4 aromatic rings. The summed E-state index contributed by atoms with van der Waals surface area (Å²) in [7, 11) is 4.02. The second kappa shape index (κ2) is 7.69. The van der Waals surface area contributed by atoms with Crippen LogP contribution < -0.4 is 12.4 Å². The second-order valence-electron chi connectivity index (χ2n) is 7.51. The van der Waals surface area contributed by atoms with Crippen molar-refractivity contribution in [3.8, 4) is 0 Å². The van der Waals surface area contributed by atoms with Gasteiger partial charge in [-0.2, -0.15) is 10.2 Å². The average molecular weight is 432 g/mol. The molecule has 0 radical (unpaired) electrons. The number of aromatic nitrogens is 4. The van der Waals surface area contributed by atoms with Crippen LogP contribution in [0.4, 0.5) is 11.4 Å². The standard InChI is InChI=1S/C18H18N7O4.ClH/c1-25(2,11-21-17-5-3-15(23(26)27)7-13(17)9-19-21)12-22-18-6-4-16(24(28)29)8-14(18)10-20-22;/h3-10H,11-12H2,1-2H3;1H/q+1;/p-1. The highest BCUT2D eigenvalue weighted by atomic mass is 35.5. The van der Waals surface area contributed by atoms with E-state index in [0.717, 1.165) is 11.0 Å². The fourth-order valence-corrected chi connectivity index (χ4v) is 3.37. The first kappa shape index (κ1) is 21.1. The Labute approximate surface area is 176 Å². The lowest BCUT2D eigenvalue weighted by molar-refractivity contribution is -0.934. The van der Waals surface area contributed by atoms with E-state index in [0.29, 0.717) is 28.6 Å². The van der Waals surface area contributed by atoms with E-state index < -0.39 is 9.85 Å². The van der Waals surface area contributed by atoms with Crippen LogP contribution in [0.1, 0.15) is 0 Å². The second-order valence-corrected chi connectivity index (χ2v) is 7.51. The van der Waals surface area contributed by atoms with Crippen LogP contribution in [0, 0.1) is 20.2 Å². The number of rotatable bonds is 6. The van der Waals surface area contributed by atoms with Crippen LogP contribution in [0.5, 0.6) is 0 Å². The topological polar surface area (TPSA) is 122 Å². The van der Waals surface area contributed by atoms with Crippen molar-refractivity contribution in [3.63, 3.8) is 0 Å². The van der Waals surface area contributed by atoms with Crippen molar-refractivity contribution in [2.75, 3.05) is 14.1 Å². The fourth-order valence-electron chi connectivity index (χ4n) is 3.37. The molecule has 30 heavy (non-hydrogen) atoms. The molecule has 4 rings (SSSR count). The van der Waals surface area contributed by atoms with Crippen LogP contribution in [0.2, 0.25) is 0 Å². The third-order valence-corrected chi connectivity index (χ3v) is 4.71. The number of nitro benzene ring substituents is 2. The molecule has 0 aliphatic carbocycles. The van der Waals surface area contributed by atoms with Crippen molar-refractivity contribution >= 4 is 33.2 Å². The van der Waals surface area contributed by atoms with Crippen LogP contribution in [-0.4, -0.2) is 48.0 Å². The summed E-state index contributed by atoms with van der Waals surface area (Å²) in [4.78, 5) is 21.0. The van der Waals surface area contributed by atoms with Crippen molar-refractivity contribution in [3.05, 3.63) is 69.0 Å². The van der Waals surface area contributed by atoms with E-state index in [4.69, 9.17) is 0 Å². The normalized spacial score (nSPS) is 11.5. The Bertz CT molecular complexity index is 1170. The van der Waals surface area contributed by atoms with E-state index in [1.807, 2.05) is 14.1 Å². The fraction of sp³-hybridized carbons (Fsp3) is 0.222. The lowest BCUT2D eigenvalue weighted by atomic mass is 10.2. The van der Waals surface area contributed by atoms with Crippen molar-refractivity contribution < 1.29 is 26.7 Å². The number of nitrogens with zero attached hydrogens (tertiary/aromatic N) is 7. The molecule has 0 aliphatic rings. The van der Waals surface area contributed by atoms with Gasteiger partial charge in [-0.1, -0.05) is 0 Å². The molecule has 2 heterocycles. The van der Waals surface area contributed by atoms with E-state index in [-0.39, 0.29) is 23.8 Å². The van der Waals surface area contributed by atoms with Gasteiger partial charge >= 0.3 is 0 Å². The maximum absolute atomic E-state index is 11.0. The number of non-ortho nitro benzene ring substituents is 2. The van der Waals surface area contributed by atoms with Crippen LogP contribution in [0.3, 0.4) is 0 Å². The lowest BCUT2D eigenvalue weighted by Crippen LogP contribution is -3.00. The zero-order valence-electron chi connectivity index (χ0n) is 16.2. The van der Waals surface area contributed by atoms with Gasteiger partial charge in [0.25, 0.3) is 11.4 Å². The molecular weight excluding hydrogens is 414 g/mol. The summed E-state index contributed by atoms with van der Waals surface area (Å²) in [6.07, 6.45) is 3.23. The largest absolute Gasteiger partial charge is 1.00 e. The molecule has 0 saturated carbocycles. The quantitative estimate of drug-likeness (QED) is 0.238. The van der Waals surface area contributed by atoms with Crippen LogP contribution in [-0.2, 0) is 13.3 Å². The minimum Gasteiger partial charge on any atom is -1.00 e. The molecule has 0 saturated heterocycles. The van der Waals surface area contributed by atoms with E-state index in [9.17, 15) is 20.2 Å². The number of benzene rings is 2. The van der Waals surface area contributed by atoms with Gasteiger partial charge in [-0.15, -0.1) is 0 Å². The maximum Gasteiger partial charge on any atom is 0.270 e. The molecule has 0 atom stereocenters. The van der Waals surface area contributed by atoms with Gasteiger partial charge in [0, 0.05) is 35.0 Å². The summed E-state index contributed by atoms with van der Waals surface area (Å²) in [6, 6.07) is 9.34. The molecule has 0 N–H and O–H groups in total. The number of nitro groups is 2. The summed E-state index contributed by atoms with van der Waals surface area (Å²) in [5, 5.41) is 32.1. The summed E-state index contributed by atoms with van der Waals surface area (Å²) in [6.45, 7) is 1.02. The van der Waals surface area contributed by atoms with Gasteiger partial charge < -0.3 is 12.4 Å². The van der Waals surface area contributed by atoms with Gasteiger partial charge in [0.1, 0.15) is 0 Å². The molecular formula is C18H18ClN7O4. The maximum atomic E-state index is 11.0. The van der Waals surface area contributed by atoms with E-state index >= 15 is 0 Å². The predicted molar refractivity (Wildman–Crippen MR) is 105 cm³/mol. The minimum atomic E-state index is -0.427. The highest BCUT2D eigenvalue weighted by Crippen LogP contribution is 2.23. The molecule has 0 aliphatic heterocycles. The third-order valence-electron chi connectivity index (χ3n) is 4.71. The summed E-state index contributed by atoms with van der Waals surface area (Å²) in [5.41, 5.74) is 1.68. The van der Waals surface area contributed by atoms with Gasteiger partial charge in [-0.25, -0.2) is 9.36 Å². The zero-order valence-corrected chi connectivity index (χ0v) is 16.9. The zero-order chi connectivity index (χ0) is 20.8. The minimum absolute atomic E-state index is 0. The molecule has 11 nitrogen and oxygen atoms in total. The monoisotopic (exact) mass is 431 g/mol. The Morgan fingerprint density at radius 1 is 0.833 bits per heavy atom. The molecule has 2 aromatic carbocycles. The van der Waals surface area contributed by atoms with E-state index in [2.05, 4.69) is 10.2 Å². The first-order valence-corrected chi connectivity index (χ1v) is 8.75. The number of hydrogen-bond acceptors (Lipinski definition) is 6. The summed E-state index contributed by atoms with van der Waals surface area (Å²) >= 11 is 0. The Morgan fingerprint density at radius 2 is 1.23 bits per heavy atom. The number of quaternary nitrogens is 1. The first-order chi connectivity index (χ1) is 13.7. The van der Waals surface area contributed by atoms with Gasteiger partial charge in [0.15, 0.2) is 13.3 Å². The van der Waals surface area contributed by atoms with E-state index in [1.165, 1.54) is 24.3 Å². The smallest absolute Gasteiger partial charge is 0.270 e. The lowest BCUT2D eigenvalue weighted by Gasteiger charge is -2.29. The molecule has 0 bridgehead atoms. The summed E-state index contributed by atoms with van der Waals surface area (Å²) < 4.78 is 4.09. The van der Waals surface area contributed by atoms with Crippen molar-refractivity contribution in [1.29, 1.82) is 0 Å². The molecule has 0 fully saturated rings. The van der Waals surface area contributed by atoms with Gasteiger partial charge in [0.2, 0.25) is 0 Å². The third kappa shape index (κ3) is 3.93. The SMILES string of the molecule is C[N+](C)(Cn1ncc2cc([N+](=O)[O-])ccc21)Cn1ncc2cc([N+](=O)[O-])ccc21.[Cl-]. The Hall–Kier alpha value is -3.57. The van der Waals surface area contributed by atoms with Gasteiger partial charge in [-0.05, 0) is 12.1 Å². The van der Waals surface area contributed by atoms with Gasteiger partial charge in [0.05, 0.1) is 47.4 Å². The number of hydrogen-bond donors (Lipinski definition) is 0. The van der Waals surface area contributed by atoms with E-state index in [1.54, 1.807) is 33.9 Å². The van der Waals surface area contributed by atoms with Crippen LogP contribution in [0.15, 0.2) is 48.8 Å². The van der Waals surface area contributed by atoms with Crippen molar-refractivity contribution in [2.45, 2.75) is 13.3 Å². The number of fused-ring (bicyclic) bond motifs is 2. The molecule has 0 amide bonds. The highest BCUT2D eigenvalue weighted by Gasteiger charge is 2.21. The molecule has 156 valence electrons. The van der Waals surface area contributed by atoms with Crippen molar-refractivity contribution in [2.24, 2.45) is 0 Å². The molecule has 0 unspecified atom stereocenters. The highest BCUT2D eigenvalue weighted by molar-refractivity contribution is 5.81. The Morgan fingerprint density at radius 3 is 1.60 bits per heavy atom. The predicted octanol–water partition coefficient (Wildman–Crippen LogP) is -0.102. The molecule has 2 aromatic heterocycles. The molecule has 0 spiro atoms. The Kier molecular flexibility index (Phi) is 5.42.